The predicted octanol–water partition coefficient (Wildman–Crippen LogP) is 1.94. The molecule has 116 valence electrons. The van der Waals surface area contributed by atoms with Crippen LogP contribution in [0.2, 0.25) is 0 Å². The molecular weight excluding hydrogens is 285 g/mol. The first-order valence-electron chi connectivity index (χ1n) is 7.57. The molecule has 1 aromatic carbocycles. The first-order chi connectivity index (χ1) is 10.6. The Morgan fingerprint density at radius 1 is 1.18 bits per heavy atom. The highest BCUT2D eigenvalue weighted by Crippen LogP contribution is 2.11. The molecule has 0 radical (unpaired) electrons. The van der Waals surface area contributed by atoms with Crippen LogP contribution in [-0.4, -0.2) is 33.4 Å². The number of amides is 1. The molecule has 0 bridgehead atoms. The van der Waals surface area contributed by atoms with Gasteiger partial charge in [-0.05, 0) is 31.0 Å². The molecule has 1 fully saturated rings. The van der Waals surface area contributed by atoms with E-state index in [1.54, 1.807) is 4.90 Å². The second-order valence-corrected chi connectivity index (χ2v) is 5.63. The molecule has 2 heterocycles. The van der Waals surface area contributed by atoms with E-state index in [1.165, 1.54) is 23.0 Å². The molecule has 3 rings (SSSR count). The molecule has 1 aliphatic rings. The zero-order chi connectivity index (χ0) is 15.5. The van der Waals surface area contributed by atoms with Crippen LogP contribution in [0.3, 0.4) is 0 Å². The molecule has 1 amide bonds. The van der Waals surface area contributed by atoms with Gasteiger partial charge in [-0.15, -0.1) is 0 Å². The van der Waals surface area contributed by atoms with E-state index in [2.05, 4.69) is 4.98 Å². The first-order valence-corrected chi connectivity index (χ1v) is 7.57. The van der Waals surface area contributed by atoms with E-state index in [-0.39, 0.29) is 23.4 Å². The maximum atomic E-state index is 13.3. The molecule has 1 aromatic heterocycles. The molecule has 1 aliphatic heterocycles. The zero-order valence-electron chi connectivity index (χ0n) is 12.3. The topological polar surface area (TPSA) is 55.2 Å². The lowest BCUT2D eigenvalue weighted by atomic mass is 10.2. The molecule has 0 unspecified atom stereocenters. The summed E-state index contributed by atoms with van der Waals surface area (Å²) in [5.74, 6) is -0.565. The monoisotopic (exact) mass is 303 g/mol. The second kappa shape index (κ2) is 6.25. The van der Waals surface area contributed by atoms with Gasteiger partial charge < -0.3 is 4.90 Å². The quantitative estimate of drug-likeness (QED) is 0.852. The summed E-state index contributed by atoms with van der Waals surface area (Å²) in [5, 5.41) is 0.200. The Labute approximate surface area is 127 Å². The third kappa shape index (κ3) is 3.00. The van der Waals surface area contributed by atoms with Crippen LogP contribution in [0.5, 0.6) is 0 Å². The third-order valence-electron chi connectivity index (χ3n) is 4.05. The summed E-state index contributed by atoms with van der Waals surface area (Å²) in [5.41, 5.74) is 0.0533. The smallest absolute Gasteiger partial charge is 0.261 e. The first kappa shape index (κ1) is 14.7. The molecule has 0 atom stereocenters. The summed E-state index contributed by atoms with van der Waals surface area (Å²) in [7, 11) is 0. The summed E-state index contributed by atoms with van der Waals surface area (Å²) in [6.07, 6.45) is 5.64. The van der Waals surface area contributed by atoms with Crippen LogP contribution in [0.4, 0.5) is 4.39 Å². The molecule has 0 aliphatic carbocycles. The van der Waals surface area contributed by atoms with Crippen molar-refractivity contribution in [2.75, 3.05) is 13.1 Å². The SMILES string of the molecule is O=C(Cn1cnc2ccc(F)cc2c1=O)N1CCCCCC1. The Morgan fingerprint density at radius 2 is 1.91 bits per heavy atom. The lowest BCUT2D eigenvalue weighted by molar-refractivity contribution is -0.131. The summed E-state index contributed by atoms with van der Waals surface area (Å²) >= 11 is 0. The number of hydrogen-bond acceptors (Lipinski definition) is 3. The van der Waals surface area contributed by atoms with E-state index < -0.39 is 5.82 Å². The summed E-state index contributed by atoms with van der Waals surface area (Å²) < 4.78 is 14.6. The molecule has 0 N–H and O–H groups in total. The van der Waals surface area contributed by atoms with E-state index in [4.69, 9.17) is 0 Å². The molecular formula is C16H18FN3O2. The van der Waals surface area contributed by atoms with Gasteiger partial charge in [-0.1, -0.05) is 12.8 Å². The van der Waals surface area contributed by atoms with Gasteiger partial charge in [-0.25, -0.2) is 9.37 Å². The molecule has 22 heavy (non-hydrogen) atoms. The van der Waals surface area contributed by atoms with Crippen molar-refractivity contribution in [3.05, 3.63) is 40.7 Å². The number of hydrogen-bond donors (Lipinski definition) is 0. The highest BCUT2D eigenvalue weighted by atomic mass is 19.1. The van der Waals surface area contributed by atoms with Crippen LogP contribution in [0.1, 0.15) is 25.7 Å². The summed E-state index contributed by atoms with van der Waals surface area (Å²) in [4.78, 5) is 30.6. The van der Waals surface area contributed by atoms with Crippen molar-refractivity contribution in [2.45, 2.75) is 32.2 Å². The van der Waals surface area contributed by atoms with E-state index in [0.29, 0.717) is 5.52 Å². The number of nitrogens with zero attached hydrogens (tertiary/aromatic N) is 3. The van der Waals surface area contributed by atoms with Gasteiger partial charge in [0.1, 0.15) is 12.4 Å². The fourth-order valence-corrected chi connectivity index (χ4v) is 2.81. The number of halogens is 1. The lowest BCUT2D eigenvalue weighted by Crippen LogP contribution is -2.37. The maximum absolute atomic E-state index is 13.3. The van der Waals surface area contributed by atoms with Crippen LogP contribution < -0.4 is 5.56 Å². The number of carbonyl (C=O) groups excluding carboxylic acids is 1. The largest absolute Gasteiger partial charge is 0.341 e. The lowest BCUT2D eigenvalue weighted by Gasteiger charge is -2.20. The van der Waals surface area contributed by atoms with Gasteiger partial charge in [0.25, 0.3) is 5.56 Å². The van der Waals surface area contributed by atoms with Crippen LogP contribution in [0.15, 0.2) is 29.3 Å². The number of fused-ring (bicyclic) bond motifs is 1. The van der Waals surface area contributed by atoms with Gasteiger partial charge in [-0.3, -0.25) is 14.2 Å². The second-order valence-electron chi connectivity index (χ2n) is 5.63. The van der Waals surface area contributed by atoms with Crippen molar-refractivity contribution < 1.29 is 9.18 Å². The minimum absolute atomic E-state index is 0.0434. The van der Waals surface area contributed by atoms with E-state index in [9.17, 15) is 14.0 Å². The highest BCUT2D eigenvalue weighted by Gasteiger charge is 2.17. The summed E-state index contributed by atoms with van der Waals surface area (Å²) in [6.45, 7) is 1.44. The fourth-order valence-electron chi connectivity index (χ4n) is 2.81. The number of benzene rings is 1. The van der Waals surface area contributed by atoms with Crippen LogP contribution in [0, 0.1) is 5.82 Å². The van der Waals surface area contributed by atoms with Gasteiger partial charge in [0, 0.05) is 13.1 Å². The zero-order valence-corrected chi connectivity index (χ0v) is 12.3. The van der Waals surface area contributed by atoms with Crippen molar-refractivity contribution in [1.29, 1.82) is 0 Å². The Balaban J connectivity index is 1.85. The van der Waals surface area contributed by atoms with Crippen molar-refractivity contribution in [2.24, 2.45) is 0 Å². The number of carbonyl (C=O) groups is 1. The minimum atomic E-state index is -0.483. The average molecular weight is 303 g/mol. The molecule has 0 spiro atoms. The van der Waals surface area contributed by atoms with E-state index in [0.717, 1.165) is 44.8 Å². The van der Waals surface area contributed by atoms with Gasteiger partial charge in [-0.2, -0.15) is 0 Å². The Bertz CT molecular complexity index is 749. The molecule has 5 nitrogen and oxygen atoms in total. The Hall–Kier alpha value is -2.24. The van der Waals surface area contributed by atoms with Gasteiger partial charge in [0.15, 0.2) is 0 Å². The van der Waals surface area contributed by atoms with Crippen molar-refractivity contribution in [3.63, 3.8) is 0 Å². The number of likely N-dealkylation sites (tertiary alicyclic amines) is 1. The normalized spacial score (nSPS) is 15.8. The molecule has 2 aromatic rings. The van der Waals surface area contributed by atoms with Gasteiger partial charge in [0.05, 0.1) is 17.2 Å². The third-order valence-corrected chi connectivity index (χ3v) is 4.05. The van der Waals surface area contributed by atoms with Crippen molar-refractivity contribution in [3.8, 4) is 0 Å². The number of aromatic nitrogens is 2. The highest BCUT2D eigenvalue weighted by molar-refractivity contribution is 5.79. The fraction of sp³-hybridized carbons (Fsp3) is 0.438. The Kier molecular flexibility index (Phi) is 4.18. The van der Waals surface area contributed by atoms with Crippen molar-refractivity contribution >= 4 is 16.8 Å². The predicted molar refractivity (Wildman–Crippen MR) is 81.0 cm³/mol. The average Bonchev–Trinajstić information content (AvgIpc) is 2.80. The van der Waals surface area contributed by atoms with E-state index >= 15 is 0 Å². The van der Waals surface area contributed by atoms with Crippen molar-refractivity contribution in [1.82, 2.24) is 14.5 Å². The maximum Gasteiger partial charge on any atom is 0.261 e. The van der Waals surface area contributed by atoms with E-state index in [1.807, 2.05) is 0 Å². The Morgan fingerprint density at radius 3 is 2.64 bits per heavy atom. The van der Waals surface area contributed by atoms with Crippen LogP contribution in [-0.2, 0) is 11.3 Å². The van der Waals surface area contributed by atoms with Crippen LogP contribution in [0.25, 0.3) is 10.9 Å². The molecule has 0 saturated carbocycles. The minimum Gasteiger partial charge on any atom is -0.341 e. The van der Waals surface area contributed by atoms with Gasteiger partial charge in [0.2, 0.25) is 5.91 Å². The molecule has 6 heteroatoms. The molecule has 1 saturated heterocycles. The standard InChI is InChI=1S/C16H18FN3O2/c17-12-5-6-14-13(9-12)16(22)20(11-18-14)10-15(21)19-7-3-1-2-4-8-19/h5-6,9,11H,1-4,7-8,10H2. The van der Waals surface area contributed by atoms with Crippen LogP contribution >= 0.6 is 0 Å². The number of rotatable bonds is 2. The van der Waals surface area contributed by atoms with Gasteiger partial charge >= 0.3 is 0 Å². The summed E-state index contributed by atoms with van der Waals surface area (Å²) in [6, 6.07) is 3.89.